The molecule has 2 heteroatoms. The van der Waals surface area contributed by atoms with Crippen molar-refractivity contribution < 1.29 is 4.57 Å². The van der Waals surface area contributed by atoms with Gasteiger partial charge in [0.2, 0.25) is 0 Å². The van der Waals surface area contributed by atoms with Crippen molar-refractivity contribution in [3.05, 3.63) is 188 Å². The topological polar surface area (TPSA) is 17.1 Å². The van der Waals surface area contributed by atoms with Gasteiger partial charge in [0.05, 0.1) is 0 Å². The van der Waals surface area contributed by atoms with Crippen molar-refractivity contribution in [1.82, 2.24) is 0 Å². The van der Waals surface area contributed by atoms with Gasteiger partial charge in [0.1, 0.15) is 0 Å². The molecule has 8 rings (SSSR count). The zero-order chi connectivity index (χ0) is 30.9. The molecule has 1 nitrogen and oxygen atoms in total. The van der Waals surface area contributed by atoms with Crippen LogP contribution in [0.15, 0.2) is 188 Å². The first-order valence-corrected chi connectivity index (χ1v) is 17.3. The van der Waals surface area contributed by atoms with Gasteiger partial charge in [-0.1, -0.05) is 170 Å². The fourth-order valence-corrected chi connectivity index (χ4v) is 9.33. The quantitative estimate of drug-likeness (QED) is 0.136. The lowest BCUT2D eigenvalue weighted by Crippen LogP contribution is -2.25. The lowest BCUT2D eigenvalue weighted by atomic mass is 9.91. The zero-order valence-corrected chi connectivity index (χ0v) is 26.1. The van der Waals surface area contributed by atoms with Crippen LogP contribution in [0.5, 0.6) is 0 Å². The largest absolute Gasteiger partial charge is 0.309 e. The summed E-state index contributed by atoms with van der Waals surface area (Å²) in [5.74, 6) is 0. The molecule has 0 saturated carbocycles. The summed E-state index contributed by atoms with van der Waals surface area (Å²) >= 11 is 0. The van der Waals surface area contributed by atoms with E-state index < -0.39 is 7.14 Å². The van der Waals surface area contributed by atoms with E-state index in [0.717, 1.165) is 38.2 Å². The predicted molar refractivity (Wildman–Crippen MR) is 197 cm³/mol. The monoisotopic (exact) mass is 606 g/mol. The lowest BCUT2D eigenvalue weighted by Gasteiger charge is -2.20. The van der Waals surface area contributed by atoms with Gasteiger partial charge in [-0.15, -0.1) is 0 Å². The second-order valence-electron chi connectivity index (χ2n) is 11.7. The van der Waals surface area contributed by atoms with Crippen molar-refractivity contribution in [2.75, 3.05) is 0 Å². The Labute approximate surface area is 269 Å². The highest BCUT2D eigenvalue weighted by molar-refractivity contribution is 7.85. The van der Waals surface area contributed by atoms with Crippen molar-refractivity contribution in [3.63, 3.8) is 0 Å². The highest BCUT2D eigenvalue weighted by Crippen LogP contribution is 2.43. The molecule has 0 atom stereocenters. The SMILES string of the molecule is O=P(c1ccccc1)(c1ccccc1)c1cccc(-c2cccc(-c3ccc(-c4c5ccccc5cc5ccccc45)cc3)c2)c1. The molecule has 0 unspecified atom stereocenters. The van der Waals surface area contributed by atoms with Crippen LogP contribution in [0.3, 0.4) is 0 Å². The molecule has 8 aromatic carbocycles. The standard InChI is InChI=1S/C44H31OP/c45-46(39-18-3-1-4-19-39,40-20-5-2-6-21-40)41-22-12-17-36(31-41)35-16-11-15-34(29-35)32-25-27-33(28-26-32)44-42-23-9-7-13-37(42)30-38-14-8-10-24-43(38)44/h1-31H. The van der Waals surface area contributed by atoms with Gasteiger partial charge in [-0.2, -0.15) is 0 Å². The Morgan fingerprint density at radius 3 is 1.33 bits per heavy atom. The molecule has 0 aliphatic carbocycles. The average Bonchev–Trinajstić information content (AvgIpc) is 3.14. The van der Waals surface area contributed by atoms with Crippen LogP contribution in [-0.2, 0) is 4.57 Å². The molecule has 0 amide bonds. The number of benzene rings is 8. The van der Waals surface area contributed by atoms with E-state index >= 15 is 4.57 Å². The van der Waals surface area contributed by atoms with E-state index in [1.807, 2.05) is 72.8 Å². The maximum absolute atomic E-state index is 15.0. The van der Waals surface area contributed by atoms with Crippen molar-refractivity contribution in [2.24, 2.45) is 0 Å². The Morgan fingerprint density at radius 2 is 0.739 bits per heavy atom. The zero-order valence-electron chi connectivity index (χ0n) is 25.3. The van der Waals surface area contributed by atoms with Crippen LogP contribution in [0.4, 0.5) is 0 Å². The van der Waals surface area contributed by atoms with Crippen LogP contribution in [-0.4, -0.2) is 0 Å². The fourth-order valence-electron chi connectivity index (χ4n) is 6.64. The highest BCUT2D eigenvalue weighted by atomic mass is 31.2. The number of hydrogen-bond acceptors (Lipinski definition) is 1. The van der Waals surface area contributed by atoms with Gasteiger partial charge in [0.15, 0.2) is 7.14 Å². The fraction of sp³-hybridized carbons (Fsp3) is 0. The van der Waals surface area contributed by atoms with E-state index in [1.165, 1.54) is 32.7 Å². The molecule has 46 heavy (non-hydrogen) atoms. The molecular formula is C44H31OP. The molecule has 218 valence electrons. The molecule has 0 aromatic heterocycles. The van der Waals surface area contributed by atoms with Gasteiger partial charge in [-0.3, -0.25) is 0 Å². The minimum atomic E-state index is -3.06. The Balaban J connectivity index is 1.18. The van der Waals surface area contributed by atoms with Gasteiger partial charge in [-0.25, -0.2) is 0 Å². The number of fused-ring (bicyclic) bond motifs is 2. The molecule has 0 fully saturated rings. The minimum Gasteiger partial charge on any atom is -0.309 e. The molecule has 0 heterocycles. The first-order chi connectivity index (χ1) is 22.7. The Morgan fingerprint density at radius 1 is 0.304 bits per heavy atom. The Hall–Kier alpha value is -5.49. The van der Waals surface area contributed by atoms with Gasteiger partial charge >= 0.3 is 0 Å². The minimum absolute atomic E-state index is 0.833. The first-order valence-electron chi connectivity index (χ1n) is 15.6. The van der Waals surface area contributed by atoms with Gasteiger partial charge in [0.25, 0.3) is 0 Å². The number of hydrogen-bond donors (Lipinski definition) is 0. The smallest absolute Gasteiger partial charge is 0.171 e. The average molecular weight is 607 g/mol. The van der Waals surface area contributed by atoms with E-state index in [0.29, 0.717) is 0 Å². The van der Waals surface area contributed by atoms with E-state index in [1.54, 1.807) is 0 Å². The lowest BCUT2D eigenvalue weighted by molar-refractivity contribution is 0.592. The normalized spacial score (nSPS) is 11.6. The summed E-state index contributed by atoms with van der Waals surface area (Å²) in [5.41, 5.74) is 6.92. The summed E-state index contributed by atoms with van der Waals surface area (Å²) < 4.78 is 15.0. The Bertz CT molecular complexity index is 2280. The van der Waals surface area contributed by atoms with Crippen molar-refractivity contribution >= 4 is 44.6 Å². The molecule has 0 bridgehead atoms. The first kappa shape index (κ1) is 28.0. The summed E-state index contributed by atoms with van der Waals surface area (Å²) in [6, 6.07) is 65.1. The highest BCUT2D eigenvalue weighted by Gasteiger charge is 2.29. The summed E-state index contributed by atoms with van der Waals surface area (Å²) in [4.78, 5) is 0. The summed E-state index contributed by atoms with van der Waals surface area (Å²) in [5, 5.41) is 7.54. The van der Waals surface area contributed by atoms with Crippen LogP contribution in [0, 0.1) is 0 Å². The van der Waals surface area contributed by atoms with E-state index in [4.69, 9.17) is 0 Å². The molecule has 0 aliphatic rings. The molecule has 8 aromatic rings. The maximum atomic E-state index is 15.0. The predicted octanol–water partition coefficient (Wildman–Crippen LogP) is 10.6. The molecule has 0 N–H and O–H groups in total. The molecule has 0 radical (unpaired) electrons. The third kappa shape index (κ3) is 4.96. The second kappa shape index (κ2) is 11.8. The van der Waals surface area contributed by atoms with Crippen LogP contribution < -0.4 is 15.9 Å². The number of rotatable bonds is 6. The van der Waals surface area contributed by atoms with Crippen molar-refractivity contribution in [1.29, 1.82) is 0 Å². The van der Waals surface area contributed by atoms with Gasteiger partial charge in [-0.05, 0) is 73.1 Å². The van der Waals surface area contributed by atoms with Crippen LogP contribution in [0.2, 0.25) is 0 Å². The molecule has 0 aliphatic heterocycles. The van der Waals surface area contributed by atoms with E-state index in [9.17, 15) is 0 Å². The maximum Gasteiger partial charge on any atom is 0.171 e. The molecular weight excluding hydrogens is 575 g/mol. The second-order valence-corrected chi connectivity index (χ2v) is 14.5. The third-order valence-electron chi connectivity index (χ3n) is 8.92. The van der Waals surface area contributed by atoms with Gasteiger partial charge in [0, 0.05) is 15.9 Å². The third-order valence-corrected chi connectivity index (χ3v) is 12.0. The van der Waals surface area contributed by atoms with Crippen molar-refractivity contribution in [3.8, 4) is 33.4 Å². The van der Waals surface area contributed by atoms with Crippen LogP contribution >= 0.6 is 7.14 Å². The van der Waals surface area contributed by atoms with Crippen molar-refractivity contribution in [2.45, 2.75) is 0 Å². The summed E-state index contributed by atoms with van der Waals surface area (Å²) in [7, 11) is -3.06. The Kier molecular flexibility index (Phi) is 7.18. The molecule has 0 saturated heterocycles. The van der Waals surface area contributed by atoms with Gasteiger partial charge < -0.3 is 4.57 Å². The molecule has 0 spiro atoms. The van der Waals surface area contributed by atoms with E-state index in [2.05, 4.69) is 115 Å². The van der Waals surface area contributed by atoms with E-state index in [-0.39, 0.29) is 0 Å². The van der Waals surface area contributed by atoms with Crippen LogP contribution in [0.1, 0.15) is 0 Å². The summed E-state index contributed by atoms with van der Waals surface area (Å²) in [6.45, 7) is 0. The van der Waals surface area contributed by atoms with Crippen LogP contribution in [0.25, 0.3) is 54.9 Å². The summed E-state index contributed by atoms with van der Waals surface area (Å²) in [6.07, 6.45) is 0.